The monoisotopic (exact) mass is 547 g/mol. The Morgan fingerprint density at radius 2 is 2.00 bits per heavy atom. The van der Waals surface area contributed by atoms with E-state index in [-0.39, 0.29) is 36.0 Å². The number of anilines is 1. The Morgan fingerprint density at radius 1 is 1.23 bits per heavy atom. The van der Waals surface area contributed by atoms with Crippen molar-refractivity contribution < 1.29 is 32.0 Å². The van der Waals surface area contributed by atoms with E-state index < -0.39 is 11.3 Å². The van der Waals surface area contributed by atoms with Crippen molar-refractivity contribution >= 4 is 17.1 Å². The van der Waals surface area contributed by atoms with Gasteiger partial charge >= 0.3 is 18.2 Å². The Labute approximate surface area is 221 Å². The Morgan fingerprint density at radius 3 is 2.64 bits per heavy atom. The lowest BCUT2D eigenvalue weighted by atomic mass is 9.99. The molecule has 0 fully saturated rings. The van der Waals surface area contributed by atoms with Crippen molar-refractivity contribution in [3.8, 4) is 11.8 Å². The van der Waals surface area contributed by atoms with Crippen LogP contribution in [0.4, 0.5) is 29.1 Å². The Hall–Kier alpha value is -4.13. The second kappa shape index (κ2) is 10.6. The van der Waals surface area contributed by atoms with Crippen molar-refractivity contribution in [1.29, 1.82) is 0 Å². The van der Waals surface area contributed by atoms with Crippen LogP contribution in [-0.4, -0.2) is 58.5 Å². The number of benzene rings is 2. The summed E-state index contributed by atoms with van der Waals surface area (Å²) in [4.78, 5) is 18.2. The van der Waals surface area contributed by atoms with Gasteiger partial charge in [-0.1, -0.05) is 24.3 Å². The summed E-state index contributed by atoms with van der Waals surface area (Å²) in [6, 6.07) is 11.0. The fraction of sp³-hybridized carbons (Fsp3) is 0.346. The molecule has 0 saturated carbocycles. The SMILES string of the molecule is CN(Cc1ccc(N2CC=C(c3ccc(OC(F)(F)F)cc3)CC2)cc1F)[C@@H]1COc2nc([N+](=O)[O-])cn2C1. The zero-order valence-corrected chi connectivity index (χ0v) is 20.9. The number of fused-ring (bicyclic) bond motifs is 1. The smallest absolute Gasteiger partial charge is 0.444 e. The predicted molar refractivity (Wildman–Crippen MR) is 134 cm³/mol. The largest absolute Gasteiger partial charge is 0.573 e. The molecule has 39 heavy (non-hydrogen) atoms. The van der Waals surface area contributed by atoms with Gasteiger partial charge in [-0.2, -0.15) is 0 Å². The van der Waals surface area contributed by atoms with Crippen LogP contribution in [0.1, 0.15) is 17.5 Å². The molecular formula is C26H25F4N5O4. The van der Waals surface area contributed by atoms with Crippen LogP contribution in [0.5, 0.6) is 11.8 Å². The van der Waals surface area contributed by atoms with Crippen LogP contribution >= 0.6 is 0 Å². The minimum atomic E-state index is -4.73. The molecule has 0 radical (unpaired) electrons. The van der Waals surface area contributed by atoms with Gasteiger partial charge in [-0.25, -0.2) is 4.39 Å². The van der Waals surface area contributed by atoms with Crippen LogP contribution in [0.15, 0.2) is 54.7 Å². The molecule has 206 valence electrons. The fourth-order valence-corrected chi connectivity index (χ4v) is 4.73. The van der Waals surface area contributed by atoms with Crippen LogP contribution in [0.25, 0.3) is 5.57 Å². The van der Waals surface area contributed by atoms with E-state index in [1.54, 1.807) is 22.8 Å². The maximum atomic E-state index is 15.1. The third kappa shape index (κ3) is 6.14. The van der Waals surface area contributed by atoms with E-state index in [2.05, 4.69) is 9.72 Å². The standard InChI is InChI=1S/C26H25F4N5O4/c1-32(21-14-34-15-24(35(36)37)31-25(34)38-16-21)13-19-2-5-20(12-23(19)27)33-10-8-18(9-11-33)17-3-6-22(7-4-17)39-26(28,29)30/h2-8,12,15,21H,9-11,13-14,16H2,1H3/t21-/m0/s1. The van der Waals surface area contributed by atoms with Gasteiger partial charge in [0.25, 0.3) is 0 Å². The normalized spacial score (nSPS) is 17.4. The number of nitro groups is 1. The maximum Gasteiger partial charge on any atom is 0.573 e. The van der Waals surface area contributed by atoms with Gasteiger partial charge in [0.05, 0.1) is 6.04 Å². The number of nitrogens with zero attached hydrogens (tertiary/aromatic N) is 5. The fourth-order valence-electron chi connectivity index (χ4n) is 4.73. The Kier molecular flexibility index (Phi) is 7.17. The number of likely N-dealkylation sites (N-methyl/N-ethyl adjacent to an activating group) is 1. The van der Waals surface area contributed by atoms with E-state index in [1.807, 2.05) is 29.0 Å². The number of ether oxygens (including phenoxy) is 2. The molecule has 0 N–H and O–H groups in total. The van der Waals surface area contributed by atoms with Crippen molar-refractivity contribution in [1.82, 2.24) is 14.5 Å². The van der Waals surface area contributed by atoms with Crippen LogP contribution in [0.3, 0.4) is 0 Å². The molecule has 5 rings (SSSR count). The topological polar surface area (TPSA) is 85.9 Å². The molecule has 0 amide bonds. The van der Waals surface area contributed by atoms with Gasteiger partial charge in [-0.05, 0) is 53.8 Å². The molecule has 2 aromatic carbocycles. The first-order valence-electron chi connectivity index (χ1n) is 12.2. The molecule has 13 heteroatoms. The molecule has 0 saturated heterocycles. The lowest BCUT2D eigenvalue weighted by Gasteiger charge is -2.31. The first-order chi connectivity index (χ1) is 18.6. The van der Waals surface area contributed by atoms with Gasteiger partial charge in [0, 0.05) is 42.4 Å². The van der Waals surface area contributed by atoms with E-state index >= 15 is 4.39 Å². The molecule has 9 nitrogen and oxygen atoms in total. The summed E-state index contributed by atoms with van der Waals surface area (Å²) < 4.78 is 63.3. The van der Waals surface area contributed by atoms with Crippen molar-refractivity contribution in [2.24, 2.45) is 0 Å². The Balaban J connectivity index is 1.19. The number of imidazole rings is 1. The molecule has 3 aromatic rings. The molecule has 0 spiro atoms. The summed E-state index contributed by atoms with van der Waals surface area (Å²) in [6.45, 7) is 2.21. The zero-order chi connectivity index (χ0) is 27.7. The van der Waals surface area contributed by atoms with Crippen molar-refractivity contribution in [2.45, 2.75) is 31.9 Å². The molecule has 0 bridgehead atoms. The average Bonchev–Trinajstić information content (AvgIpc) is 3.34. The highest BCUT2D eigenvalue weighted by Gasteiger charge is 2.31. The summed E-state index contributed by atoms with van der Waals surface area (Å²) in [5.41, 5.74) is 3.07. The minimum absolute atomic E-state index is 0.120. The molecule has 0 aliphatic carbocycles. The molecule has 2 aliphatic heterocycles. The van der Waals surface area contributed by atoms with E-state index in [4.69, 9.17) is 4.74 Å². The summed E-state index contributed by atoms with van der Waals surface area (Å²) in [7, 11) is 1.84. The van der Waals surface area contributed by atoms with E-state index in [0.717, 1.165) is 16.8 Å². The van der Waals surface area contributed by atoms with E-state index in [0.29, 0.717) is 38.2 Å². The number of hydrogen-bond acceptors (Lipinski definition) is 7. The molecular weight excluding hydrogens is 522 g/mol. The van der Waals surface area contributed by atoms with Crippen molar-refractivity contribution in [2.75, 3.05) is 31.6 Å². The number of aromatic nitrogens is 2. The van der Waals surface area contributed by atoms with Gasteiger partial charge in [-0.15, -0.1) is 13.2 Å². The number of halogens is 4. The lowest BCUT2D eigenvalue weighted by Crippen LogP contribution is -2.42. The third-order valence-electron chi connectivity index (χ3n) is 6.84. The van der Waals surface area contributed by atoms with E-state index in [9.17, 15) is 23.3 Å². The number of alkyl halides is 3. The zero-order valence-electron chi connectivity index (χ0n) is 20.9. The summed E-state index contributed by atoms with van der Waals surface area (Å²) in [5, 5.41) is 11.0. The second-order valence-corrected chi connectivity index (χ2v) is 9.44. The lowest BCUT2D eigenvalue weighted by molar-refractivity contribution is -0.389. The second-order valence-electron chi connectivity index (χ2n) is 9.44. The highest BCUT2D eigenvalue weighted by Crippen LogP contribution is 2.30. The highest BCUT2D eigenvalue weighted by atomic mass is 19.4. The molecule has 2 aliphatic rings. The first kappa shape index (κ1) is 26.5. The summed E-state index contributed by atoms with van der Waals surface area (Å²) in [5.74, 6) is -0.884. The van der Waals surface area contributed by atoms with Crippen LogP contribution in [-0.2, 0) is 13.1 Å². The van der Waals surface area contributed by atoms with Crippen LogP contribution in [0.2, 0.25) is 0 Å². The quantitative estimate of drug-likeness (QED) is 0.233. The summed E-state index contributed by atoms with van der Waals surface area (Å²) >= 11 is 0. The average molecular weight is 548 g/mol. The van der Waals surface area contributed by atoms with Gasteiger partial charge in [0.1, 0.15) is 24.4 Å². The van der Waals surface area contributed by atoms with Crippen LogP contribution in [0, 0.1) is 15.9 Å². The molecule has 1 atom stereocenters. The Bertz CT molecular complexity index is 1390. The van der Waals surface area contributed by atoms with Gasteiger partial charge < -0.3 is 24.5 Å². The molecule has 0 unspecified atom stereocenters. The maximum absolute atomic E-state index is 15.1. The van der Waals surface area contributed by atoms with Crippen molar-refractivity contribution in [3.05, 3.63) is 81.8 Å². The molecule has 3 heterocycles. The highest BCUT2D eigenvalue weighted by molar-refractivity contribution is 5.69. The predicted octanol–water partition coefficient (Wildman–Crippen LogP) is 5.02. The van der Waals surface area contributed by atoms with E-state index in [1.165, 1.54) is 24.4 Å². The van der Waals surface area contributed by atoms with Gasteiger partial charge in [0.15, 0.2) is 0 Å². The first-order valence-corrected chi connectivity index (χ1v) is 12.2. The van der Waals surface area contributed by atoms with Crippen molar-refractivity contribution in [3.63, 3.8) is 0 Å². The van der Waals surface area contributed by atoms with Gasteiger partial charge in [0.2, 0.25) is 0 Å². The van der Waals surface area contributed by atoms with Gasteiger partial charge in [-0.3, -0.25) is 9.47 Å². The number of hydrogen-bond donors (Lipinski definition) is 0. The number of rotatable bonds is 7. The minimum Gasteiger partial charge on any atom is -0.444 e. The third-order valence-corrected chi connectivity index (χ3v) is 6.84. The summed E-state index contributed by atoms with van der Waals surface area (Å²) in [6.07, 6.45) is -0.755. The van der Waals surface area contributed by atoms with Crippen LogP contribution < -0.4 is 14.4 Å². The molecule has 1 aromatic heterocycles.